The fraction of sp³-hybridized carbons (Fsp3) is 0.433. The van der Waals surface area contributed by atoms with Gasteiger partial charge in [-0.3, -0.25) is 14.9 Å². The van der Waals surface area contributed by atoms with Crippen LogP contribution >= 0.6 is 11.6 Å². The lowest BCUT2D eigenvalue weighted by atomic mass is 9.87. The van der Waals surface area contributed by atoms with Crippen molar-refractivity contribution in [1.82, 2.24) is 19.4 Å². The van der Waals surface area contributed by atoms with Crippen molar-refractivity contribution in [1.29, 1.82) is 5.26 Å². The van der Waals surface area contributed by atoms with Gasteiger partial charge in [-0.1, -0.05) is 38.4 Å². The van der Waals surface area contributed by atoms with Gasteiger partial charge in [-0.2, -0.15) is 5.26 Å². The highest BCUT2D eigenvalue weighted by molar-refractivity contribution is 6.30. The molecule has 0 saturated carbocycles. The molecule has 3 aromatic rings. The number of hydrogen-bond acceptors (Lipinski definition) is 5. The molecule has 2 aromatic carbocycles. The third kappa shape index (κ3) is 6.80. The zero-order valence-corrected chi connectivity index (χ0v) is 24.5. The van der Waals surface area contributed by atoms with Gasteiger partial charge in [0.05, 0.1) is 17.1 Å². The number of carboxylic acid groups (broad SMARTS) is 1. The number of benzene rings is 2. The van der Waals surface area contributed by atoms with Crippen LogP contribution in [0.4, 0.5) is 10.7 Å². The molecule has 216 valence electrons. The summed E-state index contributed by atoms with van der Waals surface area (Å²) in [6.07, 6.45) is 0.398. The number of carbonyl (C=O) groups is 3. The minimum absolute atomic E-state index is 0.158. The second kappa shape index (κ2) is 12.2. The van der Waals surface area contributed by atoms with Crippen molar-refractivity contribution in [2.24, 2.45) is 5.41 Å². The Hall–Kier alpha value is -4.10. The minimum atomic E-state index is -1.00. The minimum Gasteiger partial charge on any atom is -0.465 e. The highest BCUT2D eigenvalue weighted by Crippen LogP contribution is 2.29. The fourth-order valence-corrected chi connectivity index (χ4v) is 5.22. The normalized spacial score (nSPS) is 15.9. The van der Waals surface area contributed by atoms with Crippen LogP contribution in [0.2, 0.25) is 5.02 Å². The van der Waals surface area contributed by atoms with Crippen molar-refractivity contribution >= 4 is 46.5 Å². The van der Waals surface area contributed by atoms with Crippen molar-refractivity contribution in [3.05, 3.63) is 58.6 Å². The second-order valence-electron chi connectivity index (χ2n) is 11.5. The van der Waals surface area contributed by atoms with E-state index in [1.807, 2.05) is 56.5 Å². The molecular formula is C30H35ClN6O4. The van der Waals surface area contributed by atoms with Gasteiger partial charge in [0.15, 0.2) is 0 Å². The van der Waals surface area contributed by atoms with E-state index in [0.29, 0.717) is 35.1 Å². The number of aromatic nitrogens is 2. The molecule has 1 fully saturated rings. The molecule has 10 nitrogen and oxygen atoms in total. The molecule has 0 aliphatic carbocycles. The Kier molecular flexibility index (Phi) is 8.88. The van der Waals surface area contributed by atoms with Crippen LogP contribution in [-0.2, 0) is 17.9 Å². The standard InChI is InChI=1S/C30H35ClN6O4/c1-19(30(2,3)4)36(29(40)41)17-20-7-12-25-24(16-20)33-28(34-27(39)21-8-10-22(31)11-9-21)37(25)18-23-6-5-15-35(23)26(38)13-14-32/h7-12,16,19,23H,5-6,13,15,17-18H2,1-4H3,(H,40,41)(H,33,34,39)/t19-,23?/m0/s1. The van der Waals surface area contributed by atoms with E-state index in [-0.39, 0.29) is 42.3 Å². The maximum atomic E-state index is 13.1. The third-order valence-electron chi connectivity index (χ3n) is 7.78. The molecule has 0 radical (unpaired) electrons. The van der Waals surface area contributed by atoms with Gasteiger partial charge in [-0.05, 0) is 67.1 Å². The first-order valence-electron chi connectivity index (χ1n) is 13.6. The van der Waals surface area contributed by atoms with Gasteiger partial charge in [0, 0.05) is 42.3 Å². The van der Waals surface area contributed by atoms with Crippen LogP contribution in [0.15, 0.2) is 42.5 Å². The highest BCUT2D eigenvalue weighted by Gasteiger charge is 2.31. The van der Waals surface area contributed by atoms with Crippen molar-refractivity contribution in [2.75, 3.05) is 11.9 Å². The fourth-order valence-electron chi connectivity index (χ4n) is 5.10. The van der Waals surface area contributed by atoms with Crippen molar-refractivity contribution < 1.29 is 19.5 Å². The first-order valence-corrected chi connectivity index (χ1v) is 14.0. The molecule has 1 unspecified atom stereocenters. The number of likely N-dealkylation sites (tertiary alicyclic amines) is 1. The van der Waals surface area contributed by atoms with Crippen molar-refractivity contribution in [3.63, 3.8) is 0 Å². The van der Waals surface area contributed by atoms with E-state index < -0.39 is 6.09 Å². The highest BCUT2D eigenvalue weighted by atomic mass is 35.5. The van der Waals surface area contributed by atoms with Crippen LogP contribution in [-0.4, -0.2) is 61.0 Å². The lowest BCUT2D eigenvalue weighted by Gasteiger charge is -2.36. The topological polar surface area (TPSA) is 132 Å². The largest absolute Gasteiger partial charge is 0.465 e. The zero-order valence-electron chi connectivity index (χ0n) is 23.7. The van der Waals surface area contributed by atoms with Crippen LogP contribution in [0.5, 0.6) is 0 Å². The quantitative estimate of drug-likeness (QED) is 0.349. The average molecular weight is 579 g/mol. The maximum Gasteiger partial charge on any atom is 0.407 e. The lowest BCUT2D eigenvalue weighted by Crippen LogP contribution is -2.44. The van der Waals surface area contributed by atoms with E-state index in [1.165, 1.54) is 4.90 Å². The Morgan fingerprint density at radius 1 is 1.22 bits per heavy atom. The summed E-state index contributed by atoms with van der Waals surface area (Å²) < 4.78 is 1.88. The maximum absolute atomic E-state index is 13.1. The van der Waals surface area contributed by atoms with E-state index in [0.717, 1.165) is 23.9 Å². The number of halogens is 1. The van der Waals surface area contributed by atoms with Gasteiger partial charge in [-0.25, -0.2) is 9.78 Å². The molecule has 1 saturated heterocycles. The Balaban J connectivity index is 1.70. The molecule has 11 heteroatoms. The molecule has 0 bridgehead atoms. The number of rotatable bonds is 8. The predicted molar refractivity (Wildman–Crippen MR) is 157 cm³/mol. The average Bonchev–Trinajstić information content (AvgIpc) is 3.51. The van der Waals surface area contributed by atoms with E-state index in [1.54, 1.807) is 29.2 Å². The van der Waals surface area contributed by atoms with E-state index in [2.05, 4.69) is 5.32 Å². The van der Waals surface area contributed by atoms with Gasteiger partial charge >= 0.3 is 6.09 Å². The molecule has 1 aliphatic heterocycles. The Morgan fingerprint density at radius 3 is 2.56 bits per heavy atom. The summed E-state index contributed by atoms with van der Waals surface area (Å²) >= 11 is 5.99. The molecule has 0 spiro atoms. The summed E-state index contributed by atoms with van der Waals surface area (Å²) in [6, 6.07) is 13.6. The number of nitrogens with one attached hydrogen (secondary N) is 1. The predicted octanol–water partition coefficient (Wildman–Crippen LogP) is 5.76. The van der Waals surface area contributed by atoms with Crippen LogP contribution < -0.4 is 5.32 Å². The molecule has 1 aromatic heterocycles. The molecule has 2 N–H and O–H groups in total. The van der Waals surface area contributed by atoms with Crippen molar-refractivity contribution in [3.8, 4) is 6.07 Å². The molecule has 2 atom stereocenters. The van der Waals surface area contributed by atoms with Crippen LogP contribution in [0, 0.1) is 16.7 Å². The van der Waals surface area contributed by atoms with Crippen LogP contribution in [0.1, 0.15) is 62.9 Å². The monoisotopic (exact) mass is 578 g/mol. The third-order valence-corrected chi connectivity index (χ3v) is 8.04. The summed E-state index contributed by atoms with van der Waals surface area (Å²) in [5.74, 6) is -0.261. The molecule has 3 amide bonds. The Morgan fingerprint density at radius 2 is 1.93 bits per heavy atom. The van der Waals surface area contributed by atoms with E-state index in [4.69, 9.17) is 21.8 Å². The second-order valence-corrected chi connectivity index (χ2v) is 11.9. The number of fused-ring (bicyclic) bond motifs is 1. The summed E-state index contributed by atoms with van der Waals surface area (Å²) in [4.78, 5) is 45.7. The smallest absolute Gasteiger partial charge is 0.407 e. The van der Waals surface area contributed by atoms with Crippen molar-refractivity contribution in [2.45, 2.75) is 72.1 Å². The van der Waals surface area contributed by atoms with Crippen LogP contribution in [0.25, 0.3) is 11.0 Å². The molecular weight excluding hydrogens is 544 g/mol. The van der Waals surface area contributed by atoms with Crippen LogP contribution in [0.3, 0.4) is 0 Å². The number of amides is 3. The zero-order chi connectivity index (χ0) is 29.9. The summed E-state index contributed by atoms with van der Waals surface area (Å²) in [5.41, 5.74) is 2.26. The van der Waals surface area contributed by atoms with Gasteiger partial charge in [0.1, 0.15) is 6.42 Å². The number of carbonyl (C=O) groups excluding carboxylic acids is 2. The number of anilines is 1. The van der Waals surface area contributed by atoms with Gasteiger partial charge < -0.3 is 19.5 Å². The molecule has 4 rings (SSSR count). The lowest BCUT2D eigenvalue weighted by molar-refractivity contribution is -0.131. The Labute approximate surface area is 244 Å². The SMILES string of the molecule is C[C@H](N(Cc1ccc2c(c1)nc(NC(=O)c1ccc(Cl)cc1)n2CC1CCCN1C(=O)CC#N)C(=O)O)C(C)(C)C. The Bertz CT molecular complexity index is 1490. The summed E-state index contributed by atoms with van der Waals surface area (Å²) in [5, 5.41) is 22.4. The van der Waals surface area contributed by atoms with Gasteiger partial charge in [0.2, 0.25) is 11.9 Å². The summed E-state index contributed by atoms with van der Waals surface area (Å²) in [6.45, 7) is 9.04. The number of nitriles is 1. The first kappa shape index (κ1) is 29.9. The van der Waals surface area contributed by atoms with Gasteiger partial charge in [-0.15, -0.1) is 0 Å². The number of nitrogens with zero attached hydrogens (tertiary/aromatic N) is 5. The van der Waals surface area contributed by atoms with Gasteiger partial charge in [0.25, 0.3) is 5.91 Å². The molecule has 2 heterocycles. The molecule has 41 heavy (non-hydrogen) atoms. The first-order chi connectivity index (χ1) is 19.4. The van der Waals surface area contributed by atoms with E-state index >= 15 is 0 Å². The molecule has 1 aliphatic rings. The number of hydrogen-bond donors (Lipinski definition) is 2. The van der Waals surface area contributed by atoms with E-state index in [9.17, 15) is 19.5 Å². The number of imidazole rings is 1. The summed E-state index contributed by atoms with van der Waals surface area (Å²) in [7, 11) is 0.